The standard InChI is InChI=1S/C7H15NO3/c1-4-7(9)5(8)3-6(10-2)11-4/h4-7,9H,3,8H2,1-2H3/t4-,5+,6?,7+/m1/s1. The summed E-state index contributed by atoms with van der Waals surface area (Å²) in [5, 5.41) is 9.35. The molecule has 0 saturated carbocycles. The maximum atomic E-state index is 9.35. The highest BCUT2D eigenvalue weighted by Gasteiger charge is 2.32. The van der Waals surface area contributed by atoms with Crippen LogP contribution in [0.3, 0.4) is 0 Å². The third kappa shape index (κ3) is 1.90. The molecule has 1 rings (SSSR count). The molecule has 0 bridgehead atoms. The van der Waals surface area contributed by atoms with E-state index in [0.29, 0.717) is 6.42 Å². The zero-order valence-corrected chi connectivity index (χ0v) is 6.86. The van der Waals surface area contributed by atoms with Crippen molar-refractivity contribution < 1.29 is 14.6 Å². The zero-order chi connectivity index (χ0) is 8.43. The molecule has 4 atom stereocenters. The lowest BCUT2D eigenvalue weighted by molar-refractivity contribution is -0.211. The Morgan fingerprint density at radius 3 is 2.73 bits per heavy atom. The molecule has 66 valence electrons. The number of methoxy groups -OCH3 is 1. The van der Waals surface area contributed by atoms with Crippen LogP contribution in [0, 0.1) is 0 Å². The van der Waals surface area contributed by atoms with E-state index in [1.807, 2.05) is 0 Å². The molecule has 0 aliphatic carbocycles. The van der Waals surface area contributed by atoms with Gasteiger partial charge in [-0.2, -0.15) is 0 Å². The topological polar surface area (TPSA) is 64.7 Å². The highest BCUT2D eigenvalue weighted by molar-refractivity contribution is 4.82. The van der Waals surface area contributed by atoms with Crippen molar-refractivity contribution in [3.05, 3.63) is 0 Å². The average Bonchev–Trinajstić information content (AvgIpc) is 1.99. The van der Waals surface area contributed by atoms with Crippen LogP contribution in [0.5, 0.6) is 0 Å². The van der Waals surface area contributed by atoms with Gasteiger partial charge >= 0.3 is 0 Å². The lowest BCUT2D eigenvalue weighted by atomic mass is 10.0. The Labute approximate surface area is 66.3 Å². The first-order chi connectivity index (χ1) is 5.15. The van der Waals surface area contributed by atoms with Crippen LogP contribution >= 0.6 is 0 Å². The van der Waals surface area contributed by atoms with Gasteiger partial charge in [0.1, 0.15) is 0 Å². The van der Waals surface area contributed by atoms with Crippen molar-refractivity contribution in [3.8, 4) is 0 Å². The Kier molecular flexibility index (Phi) is 2.84. The van der Waals surface area contributed by atoms with Crippen molar-refractivity contribution >= 4 is 0 Å². The third-order valence-electron chi connectivity index (χ3n) is 2.01. The minimum absolute atomic E-state index is 0.233. The number of rotatable bonds is 1. The molecule has 0 radical (unpaired) electrons. The minimum atomic E-state index is -0.568. The average molecular weight is 161 g/mol. The predicted octanol–water partition coefficient (Wildman–Crippen LogP) is -0.544. The van der Waals surface area contributed by atoms with E-state index in [1.165, 1.54) is 0 Å². The van der Waals surface area contributed by atoms with E-state index in [9.17, 15) is 5.11 Å². The normalized spacial score (nSPS) is 45.8. The van der Waals surface area contributed by atoms with E-state index in [2.05, 4.69) is 0 Å². The zero-order valence-electron chi connectivity index (χ0n) is 6.86. The van der Waals surface area contributed by atoms with Gasteiger partial charge in [-0.05, 0) is 6.92 Å². The summed E-state index contributed by atoms with van der Waals surface area (Å²) in [7, 11) is 1.57. The summed E-state index contributed by atoms with van der Waals surface area (Å²) in [5.41, 5.74) is 5.62. The maximum absolute atomic E-state index is 9.35. The smallest absolute Gasteiger partial charge is 0.159 e. The summed E-state index contributed by atoms with van der Waals surface area (Å²) >= 11 is 0. The van der Waals surface area contributed by atoms with Crippen molar-refractivity contribution in [2.24, 2.45) is 5.73 Å². The lowest BCUT2D eigenvalue weighted by Crippen LogP contribution is -2.51. The molecule has 11 heavy (non-hydrogen) atoms. The molecule has 4 nitrogen and oxygen atoms in total. The van der Waals surface area contributed by atoms with Gasteiger partial charge in [0.05, 0.1) is 12.2 Å². The quantitative estimate of drug-likeness (QED) is 0.542. The van der Waals surface area contributed by atoms with Crippen LogP contribution < -0.4 is 5.73 Å². The summed E-state index contributed by atoms with van der Waals surface area (Å²) in [6.07, 6.45) is -0.504. The molecule has 0 spiro atoms. The van der Waals surface area contributed by atoms with Gasteiger partial charge in [0, 0.05) is 19.6 Å². The minimum Gasteiger partial charge on any atom is -0.389 e. The fourth-order valence-electron chi connectivity index (χ4n) is 1.24. The van der Waals surface area contributed by atoms with E-state index in [0.717, 1.165) is 0 Å². The Balaban J connectivity index is 2.47. The highest BCUT2D eigenvalue weighted by atomic mass is 16.7. The van der Waals surface area contributed by atoms with E-state index in [-0.39, 0.29) is 18.4 Å². The van der Waals surface area contributed by atoms with Crippen LogP contribution in [-0.4, -0.2) is 36.8 Å². The summed E-state index contributed by atoms with van der Waals surface area (Å²) in [6.45, 7) is 1.79. The first-order valence-electron chi connectivity index (χ1n) is 3.77. The van der Waals surface area contributed by atoms with Crippen LogP contribution in [0.15, 0.2) is 0 Å². The summed E-state index contributed by atoms with van der Waals surface area (Å²) in [4.78, 5) is 0. The van der Waals surface area contributed by atoms with Crippen LogP contribution in [-0.2, 0) is 9.47 Å². The van der Waals surface area contributed by atoms with Crippen molar-refractivity contribution in [2.75, 3.05) is 7.11 Å². The van der Waals surface area contributed by atoms with E-state index < -0.39 is 6.10 Å². The van der Waals surface area contributed by atoms with Crippen molar-refractivity contribution in [1.29, 1.82) is 0 Å². The molecule has 0 amide bonds. The number of hydrogen-bond donors (Lipinski definition) is 2. The van der Waals surface area contributed by atoms with Crippen LogP contribution in [0.4, 0.5) is 0 Å². The molecule has 3 N–H and O–H groups in total. The van der Waals surface area contributed by atoms with Gasteiger partial charge in [-0.3, -0.25) is 0 Å². The molecule has 1 saturated heterocycles. The van der Waals surface area contributed by atoms with Gasteiger partial charge in [-0.15, -0.1) is 0 Å². The second kappa shape index (κ2) is 3.49. The van der Waals surface area contributed by atoms with Crippen molar-refractivity contribution in [2.45, 2.75) is 37.9 Å². The monoisotopic (exact) mass is 161 g/mol. The van der Waals surface area contributed by atoms with Gasteiger partial charge in [-0.25, -0.2) is 0 Å². The molecule has 0 aromatic rings. The molecule has 1 fully saturated rings. The van der Waals surface area contributed by atoms with Crippen molar-refractivity contribution in [1.82, 2.24) is 0 Å². The van der Waals surface area contributed by atoms with E-state index in [1.54, 1.807) is 14.0 Å². The summed E-state index contributed by atoms with van der Waals surface area (Å²) in [5.74, 6) is 0. The highest BCUT2D eigenvalue weighted by Crippen LogP contribution is 2.18. The first-order valence-corrected chi connectivity index (χ1v) is 3.77. The second-order valence-electron chi connectivity index (χ2n) is 2.90. The van der Waals surface area contributed by atoms with E-state index in [4.69, 9.17) is 15.2 Å². The Bertz CT molecular complexity index is 119. The predicted molar refractivity (Wildman–Crippen MR) is 39.9 cm³/mol. The molecule has 1 unspecified atom stereocenters. The van der Waals surface area contributed by atoms with E-state index >= 15 is 0 Å². The molecular weight excluding hydrogens is 146 g/mol. The molecule has 0 aromatic carbocycles. The first kappa shape index (κ1) is 8.93. The number of nitrogens with two attached hydrogens (primary N) is 1. The lowest BCUT2D eigenvalue weighted by Gasteiger charge is -2.35. The fourth-order valence-corrected chi connectivity index (χ4v) is 1.24. The molecule has 0 aromatic heterocycles. The third-order valence-corrected chi connectivity index (χ3v) is 2.01. The molecule has 1 heterocycles. The molecule has 1 aliphatic heterocycles. The number of hydrogen-bond acceptors (Lipinski definition) is 4. The van der Waals surface area contributed by atoms with Gasteiger partial charge < -0.3 is 20.3 Å². The Morgan fingerprint density at radius 1 is 1.64 bits per heavy atom. The number of ether oxygens (including phenoxy) is 2. The fraction of sp³-hybridized carbons (Fsp3) is 1.00. The summed E-state index contributed by atoms with van der Waals surface area (Å²) < 4.78 is 10.2. The van der Waals surface area contributed by atoms with Crippen LogP contribution in [0.1, 0.15) is 13.3 Å². The SMILES string of the molecule is COC1C[C@H](N)[C@@H](O)[C@@H](C)O1. The van der Waals surface area contributed by atoms with Gasteiger partial charge in [0.25, 0.3) is 0 Å². The second-order valence-corrected chi connectivity index (χ2v) is 2.90. The maximum Gasteiger partial charge on any atom is 0.159 e. The van der Waals surface area contributed by atoms with Gasteiger partial charge in [0.15, 0.2) is 6.29 Å². The number of aliphatic hydroxyl groups excluding tert-OH is 1. The van der Waals surface area contributed by atoms with Crippen LogP contribution in [0.25, 0.3) is 0 Å². The number of aliphatic hydroxyl groups is 1. The summed E-state index contributed by atoms with van der Waals surface area (Å²) in [6, 6.07) is -0.233. The Hall–Kier alpha value is -0.160. The van der Waals surface area contributed by atoms with Crippen LogP contribution in [0.2, 0.25) is 0 Å². The van der Waals surface area contributed by atoms with Gasteiger partial charge in [0.2, 0.25) is 0 Å². The Morgan fingerprint density at radius 2 is 2.27 bits per heavy atom. The molecular formula is C7H15NO3. The molecule has 1 aliphatic rings. The van der Waals surface area contributed by atoms with Gasteiger partial charge in [-0.1, -0.05) is 0 Å². The molecule has 4 heteroatoms. The van der Waals surface area contributed by atoms with Crippen molar-refractivity contribution in [3.63, 3.8) is 0 Å². The largest absolute Gasteiger partial charge is 0.389 e.